The van der Waals surface area contributed by atoms with E-state index >= 15 is 0 Å². The molecular formula is C15H15ClN4O. The second kappa shape index (κ2) is 5.69. The molecule has 2 heterocycles. The van der Waals surface area contributed by atoms with Crippen LogP contribution in [0.1, 0.15) is 13.8 Å². The van der Waals surface area contributed by atoms with E-state index < -0.39 is 0 Å². The number of furan rings is 1. The van der Waals surface area contributed by atoms with Crippen LogP contribution in [0.2, 0.25) is 5.28 Å². The fourth-order valence-electron chi connectivity index (χ4n) is 2.19. The van der Waals surface area contributed by atoms with Crippen molar-refractivity contribution in [3.8, 4) is 11.6 Å². The first kappa shape index (κ1) is 13.8. The van der Waals surface area contributed by atoms with Gasteiger partial charge < -0.3 is 9.32 Å². The molecule has 0 aliphatic carbocycles. The van der Waals surface area contributed by atoms with E-state index in [1.807, 2.05) is 49.1 Å². The maximum Gasteiger partial charge on any atom is 0.230 e. The smallest absolute Gasteiger partial charge is 0.230 e. The standard InChI is InChI=1S/C15H15ClN4O/c1-3-20(4-2)15-18-13(17-14(16)19-15)12-9-10-7-5-6-8-11(10)21-12/h5-9H,3-4H2,1-2H3. The van der Waals surface area contributed by atoms with Gasteiger partial charge >= 0.3 is 0 Å². The number of hydrogen-bond acceptors (Lipinski definition) is 5. The second-order valence-electron chi connectivity index (χ2n) is 4.55. The minimum Gasteiger partial charge on any atom is -0.453 e. The van der Waals surface area contributed by atoms with Crippen LogP contribution in [-0.2, 0) is 0 Å². The molecule has 21 heavy (non-hydrogen) atoms. The molecule has 108 valence electrons. The quantitative estimate of drug-likeness (QED) is 0.734. The van der Waals surface area contributed by atoms with E-state index in [0.29, 0.717) is 17.5 Å². The molecule has 3 rings (SSSR count). The molecule has 2 aromatic heterocycles. The average Bonchev–Trinajstić information content (AvgIpc) is 2.92. The van der Waals surface area contributed by atoms with E-state index in [0.717, 1.165) is 24.1 Å². The zero-order valence-electron chi connectivity index (χ0n) is 11.9. The lowest BCUT2D eigenvalue weighted by atomic mass is 10.2. The monoisotopic (exact) mass is 302 g/mol. The fourth-order valence-corrected chi connectivity index (χ4v) is 2.35. The van der Waals surface area contributed by atoms with Crippen molar-refractivity contribution in [1.82, 2.24) is 15.0 Å². The van der Waals surface area contributed by atoms with Crippen LogP contribution in [0.25, 0.3) is 22.6 Å². The number of nitrogens with zero attached hydrogens (tertiary/aromatic N) is 4. The van der Waals surface area contributed by atoms with E-state index in [2.05, 4.69) is 15.0 Å². The number of rotatable bonds is 4. The Labute approximate surface area is 127 Å². The molecule has 0 N–H and O–H groups in total. The summed E-state index contributed by atoms with van der Waals surface area (Å²) >= 11 is 6.03. The Morgan fingerprint density at radius 2 is 1.86 bits per heavy atom. The summed E-state index contributed by atoms with van der Waals surface area (Å²) in [6, 6.07) is 9.69. The summed E-state index contributed by atoms with van der Waals surface area (Å²) in [4.78, 5) is 14.8. The molecule has 0 spiro atoms. The molecule has 0 saturated heterocycles. The number of aromatic nitrogens is 3. The Morgan fingerprint density at radius 1 is 1.10 bits per heavy atom. The van der Waals surface area contributed by atoms with E-state index in [4.69, 9.17) is 16.0 Å². The van der Waals surface area contributed by atoms with Crippen molar-refractivity contribution >= 4 is 28.5 Å². The van der Waals surface area contributed by atoms with Crippen molar-refractivity contribution in [2.75, 3.05) is 18.0 Å². The molecule has 3 aromatic rings. The summed E-state index contributed by atoms with van der Waals surface area (Å²) in [7, 11) is 0. The summed E-state index contributed by atoms with van der Waals surface area (Å²) in [6.07, 6.45) is 0. The summed E-state index contributed by atoms with van der Waals surface area (Å²) < 4.78 is 5.78. The van der Waals surface area contributed by atoms with Crippen LogP contribution in [0, 0.1) is 0 Å². The van der Waals surface area contributed by atoms with Crippen LogP contribution in [0.5, 0.6) is 0 Å². The van der Waals surface area contributed by atoms with Crippen molar-refractivity contribution < 1.29 is 4.42 Å². The van der Waals surface area contributed by atoms with Crippen molar-refractivity contribution in [3.63, 3.8) is 0 Å². The van der Waals surface area contributed by atoms with Crippen molar-refractivity contribution in [1.29, 1.82) is 0 Å². The lowest BCUT2D eigenvalue weighted by Crippen LogP contribution is -2.24. The van der Waals surface area contributed by atoms with Gasteiger partial charge in [-0.3, -0.25) is 0 Å². The Balaban J connectivity index is 2.09. The first-order valence-electron chi connectivity index (χ1n) is 6.86. The average molecular weight is 303 g/mol. The number of hydrogen-bond donors (Lipinski definition) is 0. The van der Waals surface area contributed by atoms with Gasteiger partial charge in [0.15, 0.2) is 5.76 Å². The highest BCUT2D eigenvalue weighted by atomic mass is 35.5. The molecule has 0 aliphatic rings. The number of para-hydroxylation sites is 1. The van der Waals surface area contributed by atoms with Gasteiger partial charge in [-0.1, -0.05) is 18.2 Å². The predicted molar refractivity (Wildman–Crippen MR) is 83.6 cm³/mol. The highest BCUT2D eigenvalue weighted by molar-refractivity contribution is 6.28. The van der Waals surface area contributed by atoms with E-state index in [1.54, 1.807) is 0 Å². The van der Waals surface area contributed by atoms with Gasteiger partial charge in [-0.15, -0.1) is 0 Å². The fraction of sp³-hybridized carbons (Fsp3) is 0.267. The molecule has 0 bridgehead atoms. The largest absolute Gasteiger partial charge is 0.453 e. The molecule has 0 unspecified atom stereocenters. The lowest BCUT2D eigenvalue weighted by molar-refractivity contribution is 0.624. The molecule has 5 nitrogen and oxygen atoms in total. The van der Waals surface area contributed by atoms with Crippen LogP contribution >= 0.6 is 11.6 Å². The van der Waals surface area contributed by atoms with Gasteiger partial charge in [0.1, 0.15) is 5.58 Å². The van der Waals surface area contributed by atoms with Crippen molar-refractivity contribution in [2.45, 2.75) is 13.8 Å². The van der Waals surface area contributed by atoms with Crippen LogP contribution < -0.4 is 4.90 Å². The third kappa shape index (κ3) is 2.69. The molecule has 0 atom stereocenters. The van der Waals surface area contributed by atoms with Crippen LogP contribution in [0.4, 0.5) is 5.95 Å². The third-order valence-electron chi connectivity index (χ3n) is 3.29. The van der Waals surface area contributed by atoms with E-state index in [-0.39, 0.29) is 5.28 Å². The van der Waals surface area contributed by atoms with Gasteiger partial charge in [0, 0.05) is 18.5 Å². The summed E-state index contributed by atoms with van der Waals surface area (Å²) in [6.45, 7) is 5.69. The Morgan fingerprint density at radius 3 is 2.57 bits per heavy atom. The number of fused-ring (bicyclic) bond motifs is 1. The van der Waals surface area contributed by atoms with Crippen molar-refractivity contribution in [2.24, 2.45) is 0 Å². The SMILES string of the molecule is CCN(CC)c1nc(Cl)nc(-c2cc3ccccc3o2)n1. The highest BCUT2D eigenvalue weighted by Crippen LogP contribution is 2.26. The van der Waals surface area contributed by atoms with E-state index in [9.17, 15) is 0 Å². The summed E-state index contributed by atoms with van der Waals surface area (Å²) in [5, 5.41) is 1.18. The second-order valence-corrected chi connectivity index (χ2v) is 4.89. The molecule has 0 radical (unpaired) electrons. The van der Waals surface area contributed by atoms with E-state index in [1.165, 1.54) is 0 Å². The van der Waals surface area contributed by atoms with Crippen LogP contribution in [0.3, 0.4) is 0 Å². The Bertz CT molecular complexity index is 734. The topological polar surface area (TPSA) is 55.1 Å². The lowest BCUT2D eigenvalue weighted by Gasteiger charge is -2.18. The number of halogens is 1. The van der Waals surface area contributed by atoms with Crippen molar-refractivity contribution in [3.05, 3.63) is 35.6 Å². The first-order chi connectivity index (χ1) is 10.2. The highest BCUT2D eigenvalue weighted by Gasteiger charge is 2.14. The minimum atomic E-state index is 0.169. The van der Waals surface area contributed by atoms with Gasteiger partial charge in [0.05, 0.1) is 0 Å². The first-order valence-corrected chi connectivity index (χ1v) is 7.24. The van der Waals surface area contributed by atoms with Gasteiger partial charge in [-0.25, -0.2) is 0 Å². The number of benzene rings is 1. The molecule has 6 heteroatoms. The minimum absolute atomic E-state index is 0.169. The molecule has 1 aromatic carbocycles. The number of anilines is 1. The zero-order chi connectivity index (χ0) is 14.8. The molecule has 0 aliphatic heterocycles. The van der Waals surface area contributed by atoms with Gasteiger partial charge in [-0.05, 0) is 37.6 Å². The molecule has 0 amide bonds. The summed E-state index contributed by atoms with van der Waals surface area (Å²) in [5.74, 6) is 1.61. The maximum atomic E-state index is 6.03. The van der Waals surface area contributed by atoms with Gasteiger partial charge in [0.25, 0.3) is 0 Å². The van der Waals surface area contributed by atoms with Crippen LogP contribution in [-0.4, -0.2) is 28.0 Å². The van der Waals surface area contributed by atoms with Gasteiger partial charge in [0.2, 0.25) is 17.1 Å². The molecular weight excluding hydrogens is 288 g/mol. The molecule has 0 saturated carbocycles. The zero-order valence-corrected chi connectivity index (χ0v) is 12.6. The third-order valence-corrected chi connectivity index (χ3v) is 3.46. The predicted octanol–water partition coefficient (Wildman–Crippen LogP) is 3.78. The van der Waals surface area contributed by atoms with Crippen LogP contribution in [0.15, 0.2) is 34.7 Å². The maximum absolute atomic E-state index is 6.03. The summed E-state index contributed by atoms with van der Waals surface area (Å²) in [5.41, 5.74) is 0.799. The normalized spacial score (nSPS) is 11.0. The Hall–Kier alpha value is -2.14. The van der Waals surface area contributed by atoms with Gasteiger partial charge in [-0.2, -0.15) is 15.0 Å². The Kier molecular flexibility index (Phi) is 3.75. The molecule has 0 fully saturated rings.